The molecule has 1 aliphatic rings. The van der Waals surface area contributed by atoms with Crippen molar-refractivity contribution in [2.75, 3.05) is 0 Å². The summed E-state index contributed by atoms with van der Waals surface area (Å²) < 4.78 is 31.9. The number of aliphatic imine (C=N–C) groups is 1. The number of carbonyl (C=O) groups is 2. The predicted molar refractivity (Wildman–Crippen MR) is 89.9 cm³/mol. The van der Waals surface area contributed by atoms with Gasteiger partial charge in [-0.1, -0.05) is 17.8 Å². The van der Waals surface area contributed by atoms with Gasteiger partial charge in [0.2, 0.25) is 0 Å². The van der Waals surface area contributed by atoms with Gasteiger partial charge in [-0.05, 0) is 26.0 Å². The molecule has 1 heterocycles. The van der Waals surface area contributed by atoms with Gasteiger partial charge in [-0.3, -0.25) is 14.6 Å². The topological polar surface area (TPSA) is 88.0 Å². The van der Waals surface area contributed by atoms with E-state index in [2.05, 4.69) is 10.3 Å². The van der Waals surface area contributed by atoms with Gasteiger partial charge in [-0.15, -0.1) is 11.6 Å². The molecule has 0 saturated heterocycles. The Morgan fingerprint density at radius 1 is 1.40 bits per heavy atom. The maximum absolute atomic E-state index is 13.7. The van der Waals surface area contributed by atoms with Crippen LogP contribution in [0.1, 0.15) is 20.3 Å². The number of hydrogen-bond donors (Lipinski definition) is 2. The number of carboxylic acid groups (broad SMARTS) is 1. The number of carboxylic acids is 1. The van der Waals surface area contributed by atoms with E-state index in [-0.39, 0.29) is 11.6 Å². The summed E-state index contributed by atoms with van der Waals surface area (Å²) >= 11 is 6.98. The average Bonchev–Trinajstić information content (AvgIpc) is 2.82. The van der Waals surface area contributed by atoms with Crippen LogP contribution in [-0.4, -0.2) is 38.5 Å². The van der Waals surface area contributed by atoms with Gasteiger partial charge in [0, 0.05) is 0 Å². The van der Waals surface area contributed by atoms with Crippen molar-refractivity contribution in [3.05, 3.63) is 29.8 Å². The lowest BCUT2D eigenvalue weighted by Crippen LogP contribution is -2.48. The number of para-hydroxylation sites is 1. The van der Waals surface area contributed by atoms with Crippen molar-refractivity contribution < 1.29 is 28.2 Å². The first kappa shape index (κ1) is 19.5. The molecule has 1 aliphatic heterocycles. The van der Waals surface area contributed by atoms with E-state index in [0.29, 0.717) is 0 Å². The lowest BCUT2D eigenvalue weighted by molar-refractivity contribution is -0.137. The first-order valence-electron chi connectivity index (χ1n) is 7.15. The third-order valence-corrected chi connectivity index (χ3v) is 4.77. The number of aliphatic carboxylic acids is 1. The summed E-state index contributed by atoms with van der Waals surface area (Å²) in [6, 6.07) is 2.51. The summed E-state index contributed by atoms with van der Waals surface area (Å²) in [7, 11) is 0. The normalized spacial score (nSPS) is 20.1. The van der Waals surface area contributed by atoms with Crippen molar-refractivity contribution in [3.8, 4) is 5.75 Å². The summed E-state index contributed by atoms with van der Waals surface area (Å²) in [5.41, 5.74) is -1.61. The number of benzene rings is 1. The number of rotatable bonds is 5. The number of nitrogens with zero attached hydrogens (tertiary/aromatic N) is 1. The van der Waals surface area contributed by atoms with Gasteiger partial charge in [-0.2, -0.15) is 0 Å². The van der Waals surface area contributed by atoms with Gasteiger partial charge < -0.3 is 15.2 Å². The molecule has 1 amide bonds. The van der Waals surface area contributed by atoms with Crippen LogP contribution in [0.25, 0.3) is 0 Å². The molecule has 0 aromatic heterocycles. The fraction of sp³-hybridized carbons (Fsp3) is 0.400. The third-order valence-electron chi connectivity index (χ3n) is 3.24. The molecule has 0 fully saturated rings. The van der Waals surface area contributed by atoms with Crippen molar-refractivity contribution in [2.24, 2.45) is 4.99 Å². The minimum atomic E-state index is -1.61. The second kappa shape index (κ2) is 7.57. The summed E-state index contributed by atoms with van der Waals surface area (Å²) in [5, 5.41) is 11.4. The number of amides is 1. The van der Waals surface area contributed by atoms with Crippen LogP contribution in [0.15, 0.2) is 23.2 Å². The van der Waals surface area contributed by atoms with Crippen LogP contribution in [0, 0.1) is 11.6 Å². The molecule has 0 aliphatic carbocycles. The molecule has 0 bridgehead atoms. The Bertz CT molecular complexity index is 709. The van der Waals surface area contributed by atoms with E-state index in [1.165, 1.54) is 19.9 Å². The lowest BCUT2D eigenvalue weighted by Gasteiger charge is -2.25. The van der Waals surface area contributed by atoms with Crippen LogP contribution in [0.5, 0.6) is 5.75 Å². The van der Waals surface area contributed by atoms with Crippen LogP contribution in [-0.2, 0) is 9.59 Å². The number of thioether (sulfide) groups is 1. The lowest BCUT2D eigenvalue weighted by atomic mass is 10.1. The Balaban J connectivity index is 2.08. The maximum atomic E-state index is 13.7. The number of alkyl halides is 1. The highest BCUT2D eigenvalue weighted by molar-refractivity contribution is 8.15. The van der Waals surface area contributed by atoms with Gasteiger partial charge in [0.05, 0.1) is 12.5 Å². The molecule has 2 unspecified atom stereocenters. The molecule has 2 rings (SSSR count). The van der Waals surface area contributed by atoms with Crippen LogP contribution >= 0.6 is 23.4 Å². The summed E-state index contributed by atoms with van der Waals surface area (Å²) in [5.74, 6) is -4.30. The van der Waals surface area contributed by atoms with Crippen molar-refractivity contribution in [2.45, 2.75) is 36.6 Å². The zero-order chi connectivity index (χ0) is 18.8. The van der Waals surface area contributed by atoms with Crippen LogP contribution in [0.2, 0.25) is 0 Å². The van der Waals surface area contributed by atoms with Crippen molar-refractivity contribution in [3.63, 3.8) is 0 Å². The van der Waals surface area contributed by atoms with Gasteiger partial charge in [0.25, 0.3) is 5.91 Å². The zero-order valence-electron chi connectivity index (χ0n) is 13.3. The van der Waals surface area contributed by atoms with Gasteiger partial charge in [0.1, 0.15) is 4.71 Å². The quantitative estimate of drug-likeness (QED) is 0.752. The number of ether oxygens (including phenoxy) is 1. The molecular weight excluding hydrogens is 378 g/mol. The second-order valence-electron chi connectivity index (χ2n) is 5.69. The molecule has 0 saturated carbocycles. The zero-order valence-corrected chi connectivity index (χ0v) is 14.8. The van der Waals surface area contributed by atoms with E-state index in [9.17, 15) is 18.4 Å². The molecule has 0 spiro atoms. The Morgan fingerprint density at radius 3 is 2.56 bits per heavy atom. The number of carbonyl (C=O) groups excluding carboxylic acids is 1. The fourth-order valence-electron chi connectivity index (χ4n) is 1.93. The molecule has 2 N–H and O–H groups in total. The van der Waals surface area contributed by atoms with E-state index < -0.39 is 45.6 Å². The summed E-state index contributed by atoms with van der Waals surface area (Å²) in [6.07, 6.45) is -0.277. The standard InChI is InChI=1S/C15H15ClF2N2O4S/c1-15(2,24-11-7(17)4-3-5-8(11)18)13(23)20-14-19-9(6-10(21)22)12(16)25-14/h3-5,9,12H,6H2,1-2H3,(H,21,22)(H,19,20,23). The van der Waals surface area contributed by atoms with Crippen LogP contribution in [0.4, 0.5) is 8.78 Å². The van der Waals surface area contributed by atoms with Crippen LogP contribution < -0.4 is 10.1 Å². The van der Waals surface area contributed by atoms with Crippen molar-refractivity contribution in [1.29, 1.82) is 0 Å². The minimum Gasteiger partial charge on any atom is -0.481 e. The summed E-state index contributed by atoms with van der Waals surface area (Å²) in [6.45, 7) is 2.67. The predicted octanol–water partition coefficient (Wildman–Crippen LogP) is 2.75. The van der Waals surface area contributed by atoms with E-state index in [1.54, 1.807) is 0 Å². The van der Waals surface area contributed by atoms with E-state index in [1.807, 2.05) is 0 Å². The molecule has 136 valence electrons. The largest absolute Gasteiger partial charge is 0.481 e. The first-order valence-corrected chi connectivity index (χ1v) is 8.46. The second-order valence-corrected chi connectivity index (χ2v) is 7.54. The molecule has 0 radical (unpaired) electrons. The third kappa shape index (κ3) is 4.82. The van der Waals surface area contributed by atoms with E-state index >= 15 is 0 Å². The Labute approximate surface area is 151 Å². The van der Waals surface area contributed by atoms with E-state index in [4.69, 9.17) is 21.4 Å². The first-order chi connectivity index (χ1) is 11.6. The molecule has 6 nitrogen and oxygen atoms in total. The fourth-order valence-corrected chi connectivity index (χ4v) is 3.21. The Kier molecular flexibility index (Phi) is 5.89. The van der Waals surface area contributed by atoms with Gasteiger partial charge in [0.15, 0.2) is 28.2 Å². The molecule has 2 atom stereocenters. The number of halogens is 3. The van der Waals surface area contributed by atoms with Gasteiger partial charge >= 0.3 is 5.97 Å². The molecule has 10 heteroatoms. The van der Waals surface area contributed by atoms with Gasteiger partial charge in [-0.25, -0.2) is 8.78 Å². The summed E-state index contributed by atoms with van der Waals surface area (Å²) in [4.78, 5) is 27.1. The Hall–Kier alpha value is -1.87. The molecule has 25 heavy (non-hydrogen) atoms. The number of amidine groups is 1. The maximum Gasteiger partial charge on any atom is 0.305 e. The highest BCUT2D eigenvalue weighted by atomic mass is 35.5. The number of hydrogen-bond acceptors (Lipinski definition) is 5. The molecular formula is C15H15ClF2N2O4S. The highest BCUT2D eigenvalue weighted by Gasteiger charge is 2.36. The molecule has 1 aromatic rings. The molecule has 1 aromatic carbocycles. The van der Waals surface area contributed by atoms with Crippen LogP contribution in [0.3, 0.4) is 0 Å². The van der Waals surface area contributed by atoms with Crippen molar-refractivity contribution >= 4 is 40.4 Å². The average molecular weight is 393 g/mol. The SMILES string of the molecule is CC(C)(Oc1c(F)cccc1F)C(=O)NC1=NC(CC(=O)O)C(Cl)S1. The monoisotopic (exact) mass is 392 g/mol. The highest BCUT2D eigenvalue weighted by Crippen LogP contribution is 2.31. The number of nitrogens with one attached hydrogen (secondary N) is 1. The Morgan fingerprint density at radius 2 is 2.00 bits per heavy atom. The van der Waals surface area contributed by atoms with Crippen molar-refractivity contribution in [1.82, 2.24) is 5.32 Å². The van der Waals surface area contributed by atoms with E-state index in [0.717, 1.165) is 23.9 Å². The minimum absolute atomic E-state index is 0.127. The smallest absolute Gasteiger partial charge is 0.305 e.